The monoisotopic (exact) mass is 413 g/mol. The van der Waals surface area contributed by atoms with Crippen LogP contribution in [0.4, 0.5) is 0 Å². The second-order valence-electron chi connectivity index (χ2n) is 8.62. The Hall–Kier alpha value is -2.98. The Morgan fingerprint density at radius 2 is 1.84 bits per heavy atom. The normalized spacial score (nSPS) is 14.3. The molecule has 4 nitrogen and oxygen atoms in total. The summed E-state index contributed by atoms with van der Waals surface area (Å²) in [6.07, 6.45) is 5.46. The van der Waals surface area contributed by atoms with Gasteiger partial charge < -0.3 is 9.80 Å². The molecule has 1 amide bonds. The maximum absolute atomic E-state index is 12.3. The summed E-state index contributed by atoms with van der Waals surface area (Å²) >= 11 is 0. The predicted octanol–water partition coefficient (Wildman–Crippen LogP) is 5.01. The summed E-state index contributed by atoms with van der Waals surface area (Å²) in [5.41, 5.74) is 5.96. The molecule has 160 valence electrons. The number of hydrogen-bond acceptors (Lipinski definition) is 3. The molecule has 4 rings (SSSR count). The fourth-order valence-electron chi connectivity index (χ4n) is 4.23. The van der Waals surface area contributed by atoms with Crippen molar-refractivity contribution in [3.63, 3.8) is 0 Å². The molecule has 2 aromatic carbocycles. The summed E-state index contributed by atoms with van der Waals surface area (Å²) in [5, 5.41) is 0. The van der Waals surface area contributed by atoms with E-state index in [4.69, 9.17) is 0 Å². The number of amides is 1. The molecule has 0 N–H and O–H groups in total. The molecule has 2 heterocycles. The lowest BCUT2D eigenvalue weighted by Crippen LogP contribution is -2.45. The van der Waals surface area contributed by atoms with Crippen LogP contribution in [0.2, 0.25) is 0 Å². The number of aromatic nitrogens is 1. The van der Waals surface area contributed by atoms with E-state index in [1.54, 1.807) is 23.4 Å². The van der Waals surface area contributed by atoms with Crippen LogP contribution in [-0.2, 0) is 0 Å². The van der Waals surface area contributed by atoms with Gasteiger partial charge in [0.1, 0.15) is 0 Å². The zero-order valence-electron chi connectivity index (χ0n) is 18.5. The van der Waals surface area contributed by atoms with E-state index in [1.165, 1.54) is 22.3 Å². The van der Waals surface area contributed by atoms with Crippen molar-refractivity contribution >= 4 is 5.91 Å². The summed E-state index contributed by atoms with van der Waals surface area (Å²) < 4.78 is 0. The van der Waals surface area contributed by atoms with E-state index in [-0.39, 0.29) is 5.91 Å². The molecule has 31 heavy (non-hydrogen) atoms. The number of unbranched alkanes of at least 4 members (excludes halogenated alkanes) is 1. The fraction of sp³-hybridized carbons (Fsp3) is 0.333. The van der Waals surface area contributed by atoms with Gasteiger partial charge in [0.05, 0.1) is 5.56 Å². The molecule has 1 aromatic heterocycles. The second kappa shape index (κ2) is 9.88. The van der Waals surface area contributed by atoms with Gasteiger partial charge in [0, 0.05) is 45.0 Å². The highest BCUT2D eigenvalue weighted by molar-refractivity contribution is 5.93. The Morgan fingerprint density at radius 3 is 2.55 bits per heavy atom. The molecule has 0 atom stereocenters. The smallest absolute Gasteiger partial charge is 0.255 e. The topological polar surface area (TPSA) is 36.4 Å². The third-order valence-corrected chi connectivity index (χ3v) is 6.16. The van der Waals surface area contributed by atoms with Gasteiger partial charge in [-0.3, -0.25) is 9.78 Å². The van der Waals surface area contributed by atoms with E-state index in [2.05, 4.69) is 65.3 Å². The highest BCUT2D eigenvalue weighted by Crippen LogP contribution is 2.29. The molecular formula is C27H31N3O. The first-order valence-corrected chi connectivity index (χ1v) is 11.1. The molecule has 3 aromatic rings. The number of rotatable bonds is 8. The second-order valence-corrected chi connectivity index (χ2v) is 8.62. The van der Waals surface area contributed by atoms with Crippen molar-refractivity contribution in [1.82, 2.24) is 14.8 Å². The zero-order chi connectivity index (χ0) is 21.6. The summed E-state index contributed by atoms with van der Waals surface area (Å²) in [7, 11) is 1.87. The van der Waals surface area contributed by atoms with Crippen molar-refractivity contribution in [2.45, 2.75) is 25.7 Å². The van der Waals surface area contributed by atoms with Crippen molar-refractivity contribution in [1.29, 1.82) is 0 Å². The Morgan fingerprint density at radius 1 is 1.03 bits per heavy atom. The number of carbonyl (C=O) groups is 1. The lowest BCUT2D eigenvalue weighted by Gasteiger charge is -2.39. The molecule has 0 saturated carbocycles. The number of benzene rings is 2. The van der Waals surface area contributed by atoms with Crippen LogP contribution in [0.1, 0.15) is 40.2 Å². The number of nitrogens with zero attached hydrogens (tertiary/aromatic N) is 3. The van der Waals surface area contributed by atoms with Gasteiger partial charge in [-0.15, -0.1) is 0 Å². The van der Waals surface area contributed by atoms with Crippen LogP contribution >= 0.6 is 0 Å². The average molecular weight is 414 g/mol. The highest BCUT2D eigenvalue weighted by atomic mass is 16.2. The van der Waals surface area contributed by atoms with Crippen molar-refractivity contribution in [3.05, 3.63) is 89.7 Å². The number of carbonyl (C=O) groups excluding carboxylic acids is 1. The molecule has 0 aliphatic carbocycles. The van der Waals surface area contributed by atoms with Crippen LogP contribution in [0, 0.1) is 6.92 Å². The minimum absolute atomic E-state index is 0.0474. The Balaban J connectivity index is 1.17. The standard InChI is InChI=1S/C27H31N3O/c1-21-7-5-8-24(17-21)22-10-12-23(13-11-22)26-19-30(20-26)16-4-3-15-29(2)27(31)25-9-6-14-28-18-25/h5-14,17-18,26H,3-4,15-16,19-20H2,1-2H3. The van der Waals surface area contributed by atoms with Crippen LogP contribution in [0.3, 0.4) is 0 Å². The molecule has 1 fully saturated rings. The van der Waals surface area contributed by atoms with Gasteiger partial charge >= 0.3 is 0 Å². The minimum atomic E-state index is 0.0474. The summed E-state index contributed by atoms with van der Waals surface area (Å²) in [6.45, 7) is 6.29. The van der Waals surface area contributed by atoms with E-state index in [9.17, 15) is 4.79 Å². The van der Waals surface area contributed by atoms with E-state index >= 15 is 0 Å². The van der Waals surface area contributed by atoms with Crippen LogP contribution < -0.4 is 0 Å². The van der Waals surface area contributed by atoms with Gasteiger partial charge in [0.25, 0.3) is 5.91 Å². The molecule has 0 radical (unpaired) electrons. The number of pyridine rings is 1. The summed E-state index contributed by atoms with van der Waals surface area (Å²) in [6, 6.07) is 21.4. The largest absolute Gasteiger partial charge is 0.342 e. The SMILES string of the molecule is Cc1cccc(-c2ccc(C3CN(CCCCN(C)C(=O)c4cccnc4)C3)cc2)c1. The number of hydrogen-bond donors (Lipinski definition) is 0. The van der Waals surface area contributed by atoms with Crippen LogP contribution in [0.5, 0.6) is 0 Å². The summed E-state index contributed by atoms with van der Waals surface area (Å²) in [5.74, 6) is 0.688. The van der Waals surface area contributed by atoms with Crippen molar-refractivity contribution in [2.75, 3.05) is 33.2 Å². The minimum Gasteiger partial charge on any atom is -0.342 e. The molecular weight excluding hydrogens is 382 g/mol. The zero-order valence-corrected chi connectivity index (χ0v) is 18.5. The molecule has 1 aliphatic rings. The first-order chi connectivity index (χ1) is 15.1. The molecule has 1 saturated heterocycles. The van der Waals surface area contributed by atoms with Gasteiger partial charge in [-0.2, -0.15) is 0 Å². The third kappa shape index (κ3) is 5.39. The molecule has 1 aliphatic heterocycles. The van der Waals surface area contributed by atoms with Crippen molar-refractivity contribution in [2.24, 2.45) is 0 Å². The van der Waals surface area contributed by atoms with Gasteiger partial charge in [-0.05, 0) is 55.1 Å². The molecule has 0 unspecified atom stereocenters. The van der Waals surface area contributed by atoms with Gasteiger partial charge in [0.15, 0.2) is 0 Å². The predicted molar refractivity (Wildman–Crippen MR) is 126 cm³/mol. The first kappa shape index (κ1) is 21.3. The molecule has 4 heteroatoms. The Kier molecular flexibility index (Phi) is 6.78. The van der Waals surface area contributed by atoms with E-state index in [0.717, 1.165) is 39.0 Å². The fourth-order valence-corrected chi connectivity index (χ4v) is 4.23. The van der Waals surface area contributed by atoms with Gasteiger partial charge in [-0.25, -0.2) is 0 Å². The molecule has 0 bridgehead atoms. The maximum Gasteiger partial charge on any atom is 0.255 e. The Bertz CT molecular complexity index is 995. The van der Waals surface area contributed by atoms with Crippen LogP contribution in [-0.4, -0.2) is 53.9 Å². The third-order valence-electron chi connectivity index (χ3n) is 6.16. The lowest BCUT2D eigenvalue weighted by atomic mass is 9.90. The van der Waals surface area contributed by atoms with Crippen LogP contribution in [0.15, 0.2) is 73.1 Å². The van der Waals surface area contributed by atoms with E-state index in [1.807, 2.05) is 13.1 Å². The quantitative estimate of drug-likeness (QED) is 0.487. The van der Waals surface area contributed by atoms with Gasteiger partial charge in [-0.1, -0.05) is 54.1 Å². The summed E-state index contributed by atoms with van der Waals surface area (Å²) in [4.78, 5) is 20.7. The number of aryl methyl sites for hydroxylation is 1. The Labute approximate surface area is 185 Å². The van der Waals surface area contributed by atoms with Crippen LogP contribution in [0.25, 0.3) is 11.1 Å². The highest BCUT2D eigenvalue weighted by Gasteiger charge is 2.27. The average Bonchev–Trinajstić information content (AvgIpc) is 2.78. The van der Waals surface area contributed by atoms with Crippen molar-refractivity contribution in [3.8, 4) is 11.1 Å². The first-order valence-electron chi connectivity index (χ1n) is 11.1. The van der Waals surface area contributed by atoms with E-state index in [0.29, 0.717) is 11.5 Å². The maximum atomic E-state index is 12.3. The van der Waals surface area contributed by atoms with Gasteiger partial charge in [0.2, 0.25) is 0 Å². The lowest BCUT2D eigenvalue weighted by molar-refractivity contribution is 0.0788. The molecule has 0 spiro atoms. The van der Waals surface area contributed by atoms with E-state index < -0.39 is 0 Å². The number of likely N-dealkylation sites (tertiary alicyclic amines) is 1. The van der Waals surface area contributed by atoms with Crippen molar-refractivity contribution < 1.29 is 4.79 Å².